The minimum absolute atomic E-state index is 0.104. The Morgan fingerprint density at radius 2 is 1.85 bits per heavy atom. The van der Waals surface area contributed by atoms with Crippen LogP contribution in [-0.4, -0.2) is 38.9 Å². The molecule has 0 bridgehead atoms. The highest BCUT2D eigenvalue weighted by Gasteiger charge is 2.29. The molecule has 0 spiro atoms. The first-order valence-corrected chi connectivity index (χ1v) is 9.62. The molecule has 1 atom stereocenters. The average molecular weight is 370 g/mol. The standard InChI is InChI=1S/C21H30N4O2/c1-15-14-18(25(23-15)21(2,3)4)22-20(27)24-12-10-17(11-13-24)19(26)16-8-6-5-7-9-16/h5-9,14,17,19,26H,10-13H2,1-4H3,(H,22,27). The minimum Gasteiger partial charge on any atom is -0.388 e. The van der Waals surface area contributed by atoms with Crippen LogP contribution in [0.4, 0.5) is 10.6 Å². The zero-order valence-corrected chi connectivity index (χ0v) is 16.6. The van der Waals surface area contributed by atoms with Crippen molar-refractivity contribution in [3.8, 4) is 0 Å². The van der Waals surface area contributed by atoms with E-state index in [4.69, 9.17) is 0 Å². The summed E-state index contributed by atoms with van der Waals surface area (Å²) in [6.45, 7) is 9.39. The maximum Gasteiger partial charge on any atom is 0.322 e. The van der Waals surface area contributed by atoms with Crippen LogP contribution in [0, 0.1) is 12.8 Å². The number of likely N-dealkylation sites (tertiary alicyclic amines) is 1. The molecule has 1 saturated heterocycles. The molecule has 2 amide bonds. The molecule has 2 N–H and O–H groups in total. The molecule has 0 aliphatic carbocycles. The summed E-state index contributed by atoms with van der Waals surface area (Å²) in [5, 5.41) is 18.1. The van der Waals surface area contributed by atoms with E-state index < -0.39 is 6.10 Å². The van der Waals surface area contributed by atoms with Gasteiger partial charge < -0.3 is 10.0 Å². The van der Waals surface area contributed by atoms with Gasteiger partial charge in [0.25, 0.3) is 0 Å². The first kappa shape index (κ1) is 19.4. The van der Waals surface area contributed by atoms with Gasteiger partial charge in [0.05, 0.1) is 17.3 Å². The van der Waals surface area contributed by atoms with E-state index in [2.05, 4.69) is 31.2 Å². The zero-order valence-electron chi connectivity index (χ0n) is 16.6. The van der Waals surface area contributed by atoms with Crippen molar-refractivity contribution in [2.24, 2.45) is 5.92 Å². The first-order valence-electron chi connectivity index (χ1n) is 9.62. The second-order valence-electron chi connectivity index (χ2n) is 8.36. The van der Waals surface area contributed by atoms with Gasteiger partial charge >= 0.3 is 6.03 Å². The molecule has 1 aromatic heterocycles. The molecule has 1 fully saturated rings. The van der Waals surface area contributed by atoms with Crippen molar-refractivity contribution in [3.63, 3.8) is 0 Å². The van der Waals surface area contributed by atoms with E-state index >= 15 is 0 Å². The lowest BCUT2D eigenvalue weighted by Gasteiger charge is -2.34. The smallest absolute Gasteiger partial charge is 0.322 e. The number of urea groups is 1. The highest BCUT2D eigenvalue weighted by Crippen LogP contribution is 2.31. The minimum atomic E-state index is -0.471. The quantitative estimate of drug-likeness (QED) is 0.860. The Kier molecular flexibility index (Phi) is 5.56. The van der Waals surface area contributed by atoms with Crippen molar-refractivity contribution in [1.29, 1.82) is 0 Å². The molecule has 0 saturated carbocycles. The molecule has 2 heterocycles. The summed E-state index contributed by atoms with van der Waals surface area (Å²) in [5.74, 6) is 0.898. The predicted molar refractivity (Wildman–Crippen MR) is 107 cm³/mol. The fraction of sp³-hybridized carbons (Fsp3) is 0.524. The Labute approximate surface area is 161 Å². The van der Waals surface area contributed by atoms with Gasteiger partial charge in [-0.25, -0.2) is 9.48 Å². The lowest BCUT2D eigenvalue weighted by atomic mass is 9.87. The second kappa shape index (κ2) is 7.72. The van der Waals surface area contributed by atoms with Crippen molar-refractivity contribution < 1.29 is 9.90 Å². The molecular formula is C21H30N4O2. The highest BCUT2D eigenvalue weighted by atomic mass is 16.3. The second-order valence-corrected chi connectivity index (χ2v) is 8.36. The number of benzene rings is 1. The summed E-state index contributed by atoms with van der Waals surface area (Å²) in [4.78, 5) is 14.5. The van der Waals surface area contributed by atoms with E-state index in [1.165, 1.54) is 0 Å². The van der Waals surface area contributed by atoms with Gasteiger partial charge in [0.15, 0.2) is 0 Å². The molecule has 0 radical (unpaired) electrons. The van der Waals surface area contributed by atoms with Gasteiger partial charge in [-0.05, 0) is 52.0 Å². The lowest BCUT2D eigenvalue weighted by Crippen LogP contribution is -2.42. The average Bonchev–Trinajstić information content (AvgIpc) is 3.02. The fourth-order valence-corrected chi connectivity index (χ4v) is 3.63. The summed E-state index contributed by atoms with van der Waals surface area (Å²) in [6.07, 6.45) is 1.11. The third-order valence-corrected chi connectivity index (χ3v) is 5.12. The van der Waals surface area contributed by atoms with Crippen LogP contribution in [0.3, 0.4) is 0 Å². The van der Waals surface area contributed by atoms with Crippen LogP contribution in [0.1, 0.15) is 51.0 Å². The summed E-state index contributed by atoms with van der Waals surface area (Å²) < 4.78 is 1.85. The molecule has 1 unspecified atom stereocenters. The van der Waals surface area contributed by atoms with Crippen LogP contribution in [0.5, 0.6) is 0 Å². The molecule has 1 aliphatic heterocycles. The van der Waals surface area contributed by atoms with Gasteiger partial charge in [0.2, 0.25) is 0 Å². The Hall–Kier alpha value is -2.34. The molecule has 146 valence electrons. The normalized spacial score (nSPS) is 17.0. The molecule has 1 aromatic carbocycles. The van der Waals surface area contributed by atoms with Crippen LogP contribution in [0.2, 0.25) is 0 Å². The van der Waals surface area contributed by atoms with Crippen molar-refractivity contribution >= 4 is 11.8 Å². The Morgan fingerprint density at radius 1 is 1.22 bits per heavy atom. The fourth-order valence-electron chi connectivity index (χ4n) is 3.63. The van der Waals surface area contributed by atoms with Crippen LogP contribution >= 0.6 is 0 Å². The summed E-state index contributed by atoms with van der Waals surface area (Å²) in [6, 6.07) is 11.6. The van der Waals surface area contributed by atoms with Crippen LogP contribution in [-0.2, 0) is 5.54 Å². The third kappa shape index (κ3) is 4.50. The number of nitrogens with zero attached hydrogens (tertiary/aromatic N) is 3. The number of piperidine rings is 1. The number of rotatable bonds is 3. The van der Waals surface area contributed by atoms with Crippen molar-refractivity contribution in [1.82, 2.24) is 14.7 Å². The number of carbonyl (C=O) groups is 1. The van der Waals surface area contributed by atoms with Gasteiger partial charge in [-0.2, -0.15) is 5.10 Å². The number of amides is 2. The van der Waals surface area contributed by atoms with Crippen LogP contribution in [0.25, 0.3) is 0 Å². The highest BCUT2D eigenvalue weighted by molar-refractivity contribution is 5.88. The van der Waals surface area contributed by atoms with Gasteiger partial charge in [-0.15, -0.1) is 0 Å². The van der Waals surface area contributed by atoms with Gasteiger partial charge in [-0.1, -0.05) is 30.3 Å². The molecule has 6 heteroatoms. The summed E-state index contributed by atoms with van der Waals surface area (Å²) >= 11 is 0. The maximum atomic E-state index is 12.7. The number of hydrogen-bond acceptors (Lipinski definition) is 3. The van der Waals surface area contributed by atoms with Crippen molar-refractivity contribution in [3.05, 3.63) is 47.7 Å². The van der Waals surface area contributed by atoms with E-state index in [1.807, 2.05) is 52.9 Å². The molecule has 6 nitrogen and oxygen atoms in total. The number of carbonyl (C=O) groups excluding carboxylic acids is 1. The molecule has 1 aliphatic rings. The maximum absolute atomic E-state index is 12.7. The van der Waals surface area contributed by atoms with Gasteiger partial charge in [0, 0.05) is 19.2 Å². The number of aromatic nitrogens is 2. The Morgan fingerprint density at radius 3 is 2.44 bits per heavy atom. The third-order valence-electron chi connectivity index (χ3n) is 5.12. The SMILES string of the molecule is Cc1cc(NC(=O)N2CCC(C(O)c3ccccc3)CC2)n(C(C)(C)C)n1. The van der Waals surface area contributed by atoms with Gasteiger partial charge in [0.1, 0.15) is 5.82 Å². The number of nitrogens with one attached hydrogen (secondary N) is 1. The van der Waals surface area contributed by atoms with E-state index in [0.29, 0.717) is 13.1 Å². The van der Waals surface area contributed by atoms with Crippen molar-refractivity contribution in [2.45, 2.75) is 52.2 Å². The number of aryl methyl sites for hydroxylation is 1. The van der Waals surface area contributed by atoms with Crippen LogP contribution in [0.15, 0.2) is 36.4 Å². The summed E-state index contributed by atoms with van der Waals surface area (Å²) in [7, 11) is 0. The number of hydrogen-bond donors (Lipinski definition) is 2. The van der Waals surface area contributed by atoms with Crippen LogP contribution < -0.4 is 5.32 Å². The first-order chi connectivity index (χ1) is 12.8. The van der Waals surface area contributed by atoms with Crippen molar-refractivity contribution in [2.75, 3.05) is 18.4 Å². The van der Waals surface area contributed by atoms with E-state index in [1.54, 1.807) is 0 Å². The molecule has 2 aromatic rings. The van der Waals surface area contributed by atoms with E-state index in [9.17, 15) is 9.90 Å². The monoisotopic (exact) mass is 370 g/mol. The zero-order chi connectivity index (χ0) is 19.6. The van der Waals surface area contributed by atoms with E-state index in [-0.39, 0.29) is 17.5 Å². The van der Waals surface area contributed by atoms with Gasteiger partial charge in [-0.3, -0.25) is 5.32 Å². The molecule has 27 heavy (non-hydrogen) atoms. The number of anilines is 1. The number of aliphatic hydroxyl groups excluding tert-OH is 1. The summed E-state index contributed by atoms with van der Waals surface area (Å²) in [5.41, 5.74) is 1.62. The predicted octanol–water partition coefficient (Wildman–Crippen LogP) is 3.92. The molecule has 3 rings (SSSR count). The Bertz CT molecular complexity index is 771. The topological polar surface area (TPSA) is 70.4 Å². The Balaban J connectivity index is 1.59. The number of aliphatic hydroxyl groups is 1. The lowest BCUT2D eigenvalue weighted by molar-refractivity contribution is 0.0683. The molecular weight excluding hydrogens is 340 g/mol. The largest absolute Gasteiger partial charge is 0.388 e. The van der Waals surface area contributed by atoms with E-state index in [0.717, 1.165) is 29.9 Å².